The number of hydrogen-bond donors (Lipinski definition) is 1. The first-order chi connectivity index (χ1) is 7.24. The minimum atomic E-state index is -0.139. The smallest absolute Gasteiger partial charge is 0.248 e. The van der Waals surface area contributed by atoms with Gasteiger partial charge in [-0.1, -0.05) is 30.4 Å². The molecule has 0 saturated carbocycles. The number of carbonyl (C=O) groups excluding carboxylic acids is 1. The van der Waals surface area contributed by atoms with Crippen molar-refractivity contribution < 1.29 is 4.79 Å². The number of hydrogen-bond acceptors (Lipinski definition) is 1. The molecule has 0 heterocycles. The second-order valence-electron chi connectivity index (χ2n) is 2.85. The summed E-state index contributed by atoms with van der Waals surface area (Å²) in [5.41, 5.74) is 0.771. The van der Waals surface area contributed by atoms with Crippen molar-refractivity contribution in [2.75, 3.05) is 5.32 Å². The van der Waals surface area contributed by atoms with Gasteiger partial charge in [0, 0.05) is 10.5 Å². The van der Waals surface area contributed by atoms with Crippen LogP contribution >= 0.6 is 15.9 Å². The molecule has 0 bridgehead atoms. The summed E-state index contributed by atoms with van der Waals surface area (Å²) in [6, 6.07) is 7.49. The molecule has 3 heteroatoms. The molecule has 1 amide bonds. The predicted molar refractivity (Wildman–Crippen MR) is 66.7 cm³/mol. The number of benzene rings is 1. The number of halogens is 1. The summed E-state index contributed by atoms with van der Waals surface area (Å²) in [6.07, 6.45) is 6.85. The van der Waals surface area contributed by atoms with Crippen LogP contribution in [0.4, 0.5) is 5.69 Å². The van der Waals surface area contributed by atoms with E-state index < -0.39 is 0 Å². The highest BCUT2D eigenvalue weighted by molar-refractivity contribution is 9.10. The third kappa shape index (κ3) is 4.13. The zero-order valence-electron chi connectivity index (χ0n) is 8.41. The highest BCUT2D eigenvalue weighted by atomic mass is 79.9. The van der Waals surface area contributed by atoms with Gasteiger partial charge >= 0.3 is 0 Å². The van der Waals surface area contributed by atoms with Crippen LogP contribution in [0.25, 0.3) is 0 Å². The molecule has 0 aliphatic rings. The summed E-state index contributed by atoms with van der Waals surface area (Å²) in [7, 11) is 0. The molecule has 1 aromatic rings. The molecule has 0 aliphatic heterocycles. The van der Waals surface area contributed by atoms with E-state index in [9.17, 15) is 4.79 Å². The molecular formula is C12H12BrNO. The van der Waals surface area contributed by atoms with Gasteiger partial charge in [-0.05, 0) is 35.0 Å². The first-order valence-electron chi connectivity index (χ1n) is 4.59. The van der Waals surface area contributed by atoms with Gasteiger partial charge in [0.1, 0.15) is 0 Å². The molecule has 1 rings (SSSR count). The summed E-state index contributed by atoms with van der Waals surface area (Å²) in [4.78, 5) is 11.4. The number of carbonyl (C=O) groups is 1. The van der Waals surface area contributed by atoms with Gasteiger partial charge in [0.05, 0.1) is 5.69 Å². The monoisotopic (exact) mass is 265 g/mol. The van der Waals surface area contributed by atoms with E-state index in [1.54, 1.807) is 12.2 Å². The maximum absolute atomic E-state index is 11.4. The lowest BCUT2D eigenvalue weighted by molar-refractivity contribution is -0.111. The normalized spacial score (nSPS) is 11.1. The summed E-state index contributed by atoms with van der Waals surface area (Å²) in [6.45, 7) is 1.90. The van der Waals surface area contributed by atoms with Crippen molar-refractivity contribution in [3.8, 4) is 0 Å². The minimum Gasteiger partial charge on any atom is -0.321 e. The van der Waals surface area contributed by atoms with E-state index in [4.69, 9.17) is 0 Å². The van der Waals surface area contributed by atoms with Gasteiger partial charge in [-0.15, -0.1) is 0 Å². The number of anilines is 1. The average molecular weight is 266 g/mol. The molecule has 0 aromatic heterocycles. The van der Waals surface area contributed by atoms with Gasteiger partial charge in [0.25, 0.3) is 0 Å². The first-order valence-corrected chi connectivity index (χ1v) is 5.38. The zero-order chi connectivity index (χ0) is 11.1. The van der Waals surface area contributed by atoms with Crippen molar-refractivity contribution in [2.24, 2.45) is 0 Å². The SMILES string of the molecule is CC=CC=CC(=O)Nc1ccccc1Br. The van der Waals surface area contributed by atoms with Gasteiger partial charge in [-0.3, -0.25) is 4.79 Å². The van der Waals surface area contributed by atoms with Crippen LogP contribution in [0.1, 0.15) is 6.92 Å². The Morgan fingerprint density at radius 1 is 1.33 bits per heavy atom. The fourth-order valence-corrected chi connectivity index (χ4v) is 1.37. The lowest BCUT2D eigenvalue weighted by Gasteiger charge is -2.03. The first kappa shape index (κ1) is 11.7. The van der Waals surface area contributed by atoms with Gasteiger partial charge in [0.15, 0.2) is 0 Å². The second-order valence-corrected chi connectivity index (χ2v) is 3.71. The predicted octanol–water partition coefficient (Wildman–Crippen LogP) is 3.52. The van der Waals surface area contributed by atoms with Crippen LogP contribution in [-0.2, 0) is 4.79 Å². The van der Waals surface area contributed by atoms with Crippen molar-refractivity contribution in [3.63, 3.8) is 0 Å². The molecule has 2 nitrogen and oxygen atoms in total. The maximum atomic E-state index is 11.4. The lowest BCUT2D eigenvalue weighted by Crippen LogP contribution is -2.07. The van der Waals surface area contributed by atoms with Crippen molar-refractivity contribution >= 4 is 27.5 Å². The summed E-state index contributed by atoms with van der Waals surface area (Å²) in [5, 5.41) is 2.76. The molecule has 0 spiro atoms. The van der Waals surface area contributed by atoms with Crippen LogP contribution in [0.15, 0.2) is 53.0 Å². The Morgan fingerprint density at radius 2 is 2.07 bits per heavy atom. The fraction of sp³-hybridized carbons (Fsp3) is 0.0833. The third-order valence-electron chi connectivity index (χ3n) is 1.68. The number of allylic oxidation sites excluding steroid dienone is 3. The van der Waals surface area contributed by atoms with Crippen molar-refractivity contribution in [2.45, 2.75) is 6.92 Å². The molecule has 1 aromatic carbocycles. The summed E-state index contributed by atoms with van der Waals surface area (Å²) < 4.78 is 0.873. The Balaban J connectivity index is 2.63. The largest absolute Gasteiger partial charge is 0.321 e. The highest BCUT2D eigenvalue weighted by Crippen LogP contribution is 2.20. The molecule has 1 N–H and O–H groups in total. The van der Waals surface area contributed by atoms with E-state index >= 15 is 0 Å². The number of nitrogens with one attached hydrogen (secondary N) is 1. The molecule has 0 unspecified atom stereocenters. The quantitative estimate of drug-likeness (QED) is 0.658. The molecule has 15 heavy (non-hydrogen) atoms. The van der Waals surface area contributed by atoms with E-state index in [0.717, 1.165) is 10.2 Å². The molecule has 0 radical (unpaired) electrons. The minimum absolute atomic E-state index is 0.139. The number of rotatable bonds is 3. The van der Waals surface area contributed by atoms with Crippen molar-refractivity contribution in [1.29, 1.82) is 0 Å². The van der Waals surface area contributed by atoms with Crippen LogP contribution in [0.3, 0.4) is 0 Å². The van der Waals surface area contributed by atoms with Crippen LogP contribution < -0.4 is 5.32 Å². The molecule has 78 valence electrons. The van der Waals surface area contributed by atoms with Gasteiger partial charge in [-0.25, -0.2) is 0 Å². The Hall–Kier alpha value is -1.35. The molecule has 0 aliphatic carbocycles. The van der Waals surface area contributed by atoms with Gasteiger partial charge in [-0.2, -0.15) is 0 Å². The maximum Gasteiger partial charge on any atom is 0.248 e. The molecule has 0 fully saturated rings. The van der Waals surface area contributed by atoms with Gasteiger partial charge in [0.2, 0.25) is 5.91 Å². The van der Waals surface area contributed by atoms with Crippen LogP contribution in [0.2, 0.25) is 0 Å². The van der Waals surface area contributed by atoms with E-state index in [2.05, 4.69) is 21.2 Å². The van der Waals surface area contributed by atoms with Crippen LogP contribution in [-0.4, -0.2) is 5.91 Å². The Labute approximate surface area is 97.8 Å². The van der Waals surface area contributed by atoms with Gasteiger partial charge < -0.3 is 5.32 Å². The van der Waals surface area contributed by atoms with E-state index in [1.807, 2.05) is 37.3 Å². The van der Waals surface area contributed by atoms with E-state index in [1.165, 1.54) is 6.08 Å². The Bertz CT molecular complexity index is 396. The van der Waals surface area contributed by atoms with E-state index in [-0.39, 0.29) is 5.91 Å². The average Bonchev–Trinajstić information content (AvgIpc) is 2.22. The molecule has 0 atom stereocenters. The third-order valence-corrected chi connectivity index (χ3v) is 2.37. The second kappa shape index (κ2) is 6.19. The zero-order valence-corrected chi connectivity index (χ0v) is 9.99. The highest BCUT2D eigenvalue weighted by Gasteiger charge is 2.00. The van der Waals surface area contributed by atoms with Crippen molar-refractivity contribution in [1.82, 2.24) is 0 Å². The molecule has 0 saturated heterocycles. The molecular weight excluding hydrogens is 254 g/mol. The summed E-state index contributed by atoms with van der Waals surface area (Å²) >= 11 is 3.35. The van der Waals surface area contributed by atoms with Crippen LogP contribution in [0, 0.1) is 0 Å². The van der Waals surface area contributed by atoms with Crippen molar-refractivity contribution in [3.05, 3.63) is 53.0 Å². The topological polar surface area (TPSA) is 29.1 Å². The fourth-order valence-electron chi connectivity index (χ4n) is 0.991. The summed E-state index contributed by atoms with van der Waals surface area (Å²) in [5.74, 6) is -0.139. The Morgan fingerprint density at radius 3 is 2.73 bits per heavy atom. The Kier molecular flexibility index (Phi) is 4.84. The number of para-hydroxylation sites is 1. The van der Waals surface area contributed by atoms with E-state index in [0.29, 0.717) is 0 Å². The lowest BCUT2D eigenvalue weighted by atomic mass is 10.3. The van der Waals surface area contributed by atoms with Crippen LogP contribution in [0.5, 0.6) is 0 Å². The standard InChI is InChI=1S/C12H12BrNO/c1-2-3-4-9-12(15)14-11-8-6-5-7-10(11)13/h2-9H,1H3,(H,14,15). The number of amides is 1.